The number of rotatable bonds is 2. The fourth-order valence-electron chi connectivity index (χ4n) is 2.06. The monoisotopic (exact) mass is 227 g/mol. The van der Waals surface area contributed by atoms with Crippen LogP contribution in [-0.2, 0) is 6.42 Å². The van der Waals surface area contributed by atoms with Gasteiger partial charge in [-0.05, 0) is 29.7 Å². The maximum Gasteiger partial charge on any atom is 0.316 e. The molecule has 4 nitrogen and oxygen atoms in total. The van der Waals surface area contributed by atoms with Crippen LogP contribution >= 0.6 is 0 Å². The van der Waals surface area contributed by atoms with Crippen molar-refractivity contribution in [2.75, 3.05) is 19.0 Å². The van der Waals surface area contributed by atoms with E-state index >= 15 is 0 Å². The van der Waals surface area contributed by atoms with Crippen molar-refractivity contribution < 1.29 is 4.74 Å². The van der Waals surface area contributed by atoms with E-state index < -0.39 is 0 Å². The highest BCUT2D eigenvalue weighted by molar-refractivity contribution is 5.68. The highest BCUT2D eigenvalue weighted by Crippen LogP contribution is 2.28. The summed E-state index contributed by atoms with van der Waals surface area (Å²) in [6, 6.07) is 6.79. The van der Waals surface area contributed by atoms with Crippen molar-refractivity contribution in [3.63, 3.8) is 0 Å². The Morgan fingerprint density at radius 2 is 2.00 bits per heavy atom. The number of nitrogens with one attached hydrogen (secondary N) is 1. The molecule has 2 heterocycles. The van der Waals surface area contributed by atoms with Gasteiger partial charge in [-0.25, -0.2) is 9.97 Å². The van der Waals surface area contributed by atoms with Crippen molar-refractivity contribution in [2.24, 2.45) is 0 Å². The second kappa shape index (κ2) is 4.05. The molecule has 0 fully saturated rings. The fourth-order valence-corrected chi connectivity index (χ4v) is 2.06. The Balaban J connectivity index is 1.97. The van der Waals surface area contributed by atoms with Gasteiger partial charge in [0.25, 0.3) is 0 Å². The maximum atomic E-state index is 4.95. The van der Waals surface area contributed by atoms with Crippen LogP contribution in [0.2, 0.25) is 0 Å². The topological polar surface area (TPSA) is 47.0 Å². The molecule has 0 aliphatic carbocycles. The van der Waals surface area contributed by atoms with Crippen molar-refractivity contribution in [3.05, 3.63) is 36.2 Å². The molecule has 86 valence electrons. The van der Waals surface area contributed by atoms with Crippen LogP contribution in [0.15, 0.2) is 30.6 Å². The molecule has 1 aromatic carbocycles. The number of hydrogen-bond acceptors (Lipinski definition) is 4. The highest BCUT2D eigenvalue weighted by Gasteiger charge is 2.10. The van der Waals surface area contributed by atoms with E-state index in [1.807, 2.05) is 0 Å². The Bertz CT molecular complexity index is 537. The number of ether oxygens (including phenoxy) is 1. The predicted octanol–water partition coefficient (Wildman–Crippen LogP) is 2.12. The first-order chi connectivity index (χ1) is 8.36. The van der Waals surface area contributed by atoms with E-state index in [0.29, 0.717) is 6.01 Å². The zero-order valence-corrected chi connectivity index (χ0v) is 9.60. The summed E-state index contributed by atoms with van der Waals surface area (Å²) in [5.41, 5.74) is 4.76. The number of methoxy groups -OCH3 is 1. The lowest BCUT2D eigenvalue weighted by atomic mass is 10.0. The van der Waals surface area contributed by atoms with Gasteiger partial charge in [0.15, 0.2) is 0 Å². The van der Waals surface area contributed by atoms with E-state index in [2.05, 4.69) is 33.5 Å². The van der Waals surface area contributed by atoms with Gasteiger partial charge in [0.05, 0.1) is 7.11 Å². The largest absolute Gasteiger partial charge is 0.467 e. The molecule has 0 unspecified atom stereocenters. The quantitative estimate of drug-likeness (QED) is 0.853. The molecular weight excluding hydrogens is 214 g/mol. The molecule has 3 rings (SSSR count). The lowest BCUT2D eigenvalue weighted by Crippen LogP contribution is -1.92. The molecule has 1 aliphatic heterocycles. The smallest absolute Gasteiger partial charge is 0.316 e. The van der Waals surface area contributed by atoms with E-state index in [1.165, 1.54) is 11.3 Å². The van der Waals surface area contributed by atoms with Crippen LogP contribution in [-0.4, -0.2) is 23.6 Å². The van der Waals surface area contributed by atoms with Crippen LogP contribution in [0.25, 0.3) is 11.1 Å². The van der Waals surface area contributed by atoms with Gasteiger partial charge in [0.1, 0.15) is 0 Å². The number of benzene rings is 1. The van der Waals surface area contributed by atoms with Gasteiger partial charge in [0, 0.05) is 30.2 Å². The number of hydrogen-bond donors (Lipinski definition) is 1. The summed E-state index contributed by atoms with van der Waals surface area (Å²) in [4.78, 5) is 8.24. The minimum absolute atomic E-state index is 0.400. The molecule has 0 radical (unpaired) electrons. The SMILES string of the molecule is COc1ncc(-c2ccc3c(c2)CCN3)cn1. The van der Waals surface area contributed by atoms with E-state index in [4.69, 9.17) is 4.74 Å². The van der Waals surface area contributed by atoms with Crippen molar-refractivity contribution in [2.45, 2.75) is 6.42 Å². The second-order valence-electron chi connectivity index (χ2n) is 4.01. The Kier molecular flexibility index (Phi) is 2.40. The third-order valence-corrected chi connectivity index (χ3v) is 2.96. The van der Waals surface area contributed by atoms with E-state index in [1.54, 1.807) is 19.5 Å². The molecule has 0 saturated heterocycles. The molecule has 0 saturated carbocycles. The molecule has 0 spiro atoms. The standard InChI is InChI=1S/C13H13N3O/c1-17-13-15-7-11(8-16-13)9-2-3-12-10(6-9)4-5-14-12/h2-3,6-8,14H,4-5H2,1H3. The summed E-state index contributed by atoms with van der Waals surface area (Å²) < 4.78 is 4.95. The number of nitrogens with zero attached hydrogens (tertiary/aromatic N) is 2. The average molecular weight is 227 g/mol. The van der Waals surface area contributed by atoms with Crippen LogP contribution < -0.4 is 10.1 Å². The number of fused-ring (bicyclic) bond motifs is 1. The third kappa shape index (κ3) is 1.82. The Morgan fingerprint density at radius 3 is 2.76 bits per heavy atom. The summed E-state index contributed by atoms with van der Waals surface area (Å²) >= 11 is 0. The molecule has 0 amide bonds. The van der Waals surface area contributed by atoms with Crippen LogP contribution in [0.1, 0.15) is 5.56 Å². The van der Waals surface area contributed by atoms with Gasteiger partial charge >= 0.3 is 6.01 Å². The first-order valence-corrected chi connectivity index (χ1v) is 5.60. The summed E-state index contributed by atoms with van der Waals surface area (Å²) in [7, 11) is 1.57. The zero-order valence-electron chi connectivity index (χ0n) is 9.60. The number of aromatic nitrogens is 2. The zero-order chi connectivity index (χ0) is 11.7. The van der Waals surface area contributed by atoms with Gasteiger partial charge in [-0.1, -0.05) is 6.07 Å². The van der Waals surface area contributed by atoms with E-state index in [9.17, 15) is 0 Å². The van der Waals surface area contributed by atoms with Crippen LogP contribution in [0.3, 0.4) is 0 Å². The average Bonchev–Trinajstić information content (AvgIpc) is 2.86. The molecular formula is C13H13N3O. The summed E-state index contributed by atoms with van der Waals surface area (Å²) in [5.74, 6) is 0. The molecule has 2 aromatic rings. The van der Waals surface area contributed by atoms with E-state index in [-0.39, 0.29) is 0 Å². The summed E-state index contributed by atoms with van der Waals surface area (Å²) in [6.07, 6.45) is 4.66. The second-order valence-corrected chi connectivity index (χ2v) is 4.01. The Hall–Kier alpha value is -2.10. The molecule has 0 bridgehead atoms. The predicted molar refractivity (Wildman–Crippen MR) is 66.2 cm³/mol. The Morgan fingerprint density at radius 1 is 1.18 bits per heavy atom. The molecule has 1 aliphatic rings. The van der Waals surface area contributed by atoms with Gasteiger partial charge in [-0.3, -0.25) is 0 Å². The van der Waals surface area contributed by atoms with Crippen LogP contribution in [0.4, 0.5) is 5.69 Å². The highest BCUT2D eigenvalue weighted by atomic mass is 16.5. The van der Waals surface area contributed by atoms with Gasteiger partial charge in [0.2, 0.25) is 0 Å². The van der Waals surface area contributed by atoms with Crippen molar-refractivity contribution in [1.29, 1.82) is 0 Å². The molecule has 0 atom stereocenters. The minimum atomic E-state index is 0.400. The van der Waals surface area contributed by atoms with Crippen molar-refractivity contribution in [1.82, 2.24) is 9.97 Å². The molecule has 1 N–H and O–H groups in total. The van der Waals surface area contributed by atoms with E-state index in [0.717, 1.165) is 24.1 Å². The normalized spacial score (nSPS) is 13.0. The molecule has 17 heavy (non-hydrogen) atoms. The summed E-state index contributed by atoms with van der Waals surface area (Å²) in [6.45, 7) is 1.03. The van der Waals surface area contributed by atoms with Crippen molar-refractivity contribution in [3.8, 4) is 17.1 Å². The first kappa shape index (κ1) is 10.1. The van der Waals surface area contributed by atoms with Gasteiger partial charge < -0.3 is 10.1 Å². The molecule has 1 aromatic heterocycles. The first-order valence-electron chi connectivity index (χ1n) is 5.60. The fraction of sp³-hybridized carbons (Fsp3) is 0.231. The third-order valence-electron chi connectivity index (χ3n) is 2.96. The number of anilines is 1. The van der Waals surface area contributed by atoms with Gasteiger partial charge in [-0.2, -0.15) is 0 Å². The molecule has 4 heteroatoms. The maximum absolute atomic E-state index is 4.95. The van der Waals surface area contributed by atoms with Crippen LogP contribution in [0.5, 0.6) is 6.01 Å². The van der Waals surface area contributed by atoms with Crippen LogP contribution in [0, 0.1) is 0 Å². The summed E-state index contributed by atoms with van der Waals surface area (Å²) in [5, 5.41) is 3.35. The lowest BCUT2D eigenvalue weighted by Gasteiger charge is -2.05. The lowest BCUT2D eigenvalue weighted by molar-refractivity contribution is 0.380. The van der Waals surface area contributed by atoms with Crippen molar-refractivity contribution >= 4 is 5.69 Å². The Labute approximate surface area is 99.7 Å². The minimum Gasteiger partial charge on any atom is -0.467 e. The van der Waals surface area contributed by atoms with Gasteiger partial charge in [-0.15, -0.1) is 0 Å².